The minimum Gasteiger partial charge on any atom is -0.462 e. The van der Waals surface area contributed by atoms with Crippen LogP contribution in [0.2, 0.25) is 0 Å². The van der Waals surface area contributed by atoms with Gasteiger partial charge >= 0.3 is 17.9 Å². The van der Waals surface area contributed by atoms with Gasteiger partial charge in [0.25, 0.3) is 0 Å². The number of carbonyl (C=O) groups is 3. The second-order valence-electron chi connectivity index (χ2n) is 20.5. The van der Waals surface area contributed by atoms with Crippen LogP contribution in [0.5, 0.6) is 0 Å². The predicted molar refractivity (Wildman–Crippen MR) is 343 cm³/mol. The van der Waals surface area contributed by atoms with E-state index in [0.717, 1.165) is 148 Å². The van der Waals surface area contributed by atoms with Crippen LogP contribution < -0.4 is 0 Å². The number of allylic oxidation sites excluding steroid dienone is 26. The lowest BCUT2D eigenvalue weighted by molar-refractivity contribution is -0.167. The van der Waals surface area contributed by atoms with Crippen LogP contribution in [0, 0.1) is 0 Å². The molecule has 1 atom stereocenters. The number of unbranched alkanes of at least 4 members (excludes halogenated alkanes) is 19. The second-order valence-corrected chi connectivity index (χ2v) is 20.5. The molecule has 0 aromatic rings. The summed E-state index contributed by atoms with van der Waals surface area (Å²) in [4.78, 5) is 38.2. The van der Waals surface area contributed by atoms with Gasteiger partial charge < -0.3 is 14.2 Å². The fourth-order valence-corrected chi connectivity index (χ4v) is 8.25. The molecule has 0 aliphatic heterocycles. The number of ether oxygens (including phenoxy) is 3. The summed E-state index contributed by atoms with van der Waals surface area (Å²) in [5.41, 5.74) is 0. The maximum Gasteiger partial charge on any atom is 0.306 e. The third-order valence-corrected chi connectivity index (χ3v) is 13.0. The lowest BCUT2D eigenvalue weighted by Crippen LogP contribution is -2.30. The smallest absolute Gasteiger partial charge is 0.306 e. The molecule has 0 saturated heterocycles. The van der Waals surface area contributed by atoms with Gasteiger partial charge in [-0.25, -0.2) is 0 Å². The van der Waals surface area contributed by atoms with Crippen molar-refractivity contribution in [3.05, 3.63) is 158 Å². The Morgan fingerprint density at radius 1 is 0.266 bits per heavy atom. The van der Waals surface area contributed by atoms with Crippen LogP contribution in [-0.2, 0) is 28.6 Å². The van der Waals surface area contributed by atoms with Gasteiger partial charge in [-0.05, 0) is 141 Å². The molecule has 0 spiro atoms. The summed E-state index contributed by atoms with van der Waals surface area (Å²) in [7, 11) is 0. The minimum absolute atomic E-state index is 0.105. The van der Waals surface area contributed by atoms with Crippen molar-refractivity contribution in [3.8, 4) is 0 Å². The molecular weight excluding hydrogens is 973 g/mol. The standard InChI is InChI=1S/C73H116O6/c1-4-7-10-13-16-19-22-24-26-27-28-29-30-31-32-33-34-35-36-37-38-39-40-41-42-43-44-45-47-48-51-54-57-60-63-66-72(75)78-69-70(68-77-71(74)65-62-59-56-53-50-21-18-15-12-9-6-3)79-73(76)67-64-61-58-55-52-49-46-25-23-20-17-14-11-8-5-2/h7-8,10-11,15-20,24-26,28-29,31-32,34-35,37-38,40-41,46,52,55,70H,4-6,9,12-14,21-23,27,30,33,36,39,42-45,47-51,53-54,56-69H2,1-3H3/b10-7-,11-8-,18-15-,19-16-,20-17-,26-24-,29-28-,32-31-,35-34-,38-37-,41-40-,46-25-,55-52-. The Labute approximate surface area is 486 Å². The van der Waals surface area contributed by atoms with Crippen LogP contribution in [0.15, 0.2) is 158 Å². The van der Waals surface area contributed by atoms with E-state index in [1.807, 2.05) is 0 Å². The largest absolute Gasteiger partial charge is 0.462 e. The number of carbonyl (C=O) groups excluding carboxylic acids is 3. The molecule has 0 aromatic carbocycles. The lowest BCUT2D eigenvalue weighted by Gasteiger charge is -2.18. The van der Waals surface area contributed by atoms with E-state index in [4.69, 9.17) is 14.2 Å². The molecular formula is C73H116O6. The van der Waals surface area contributed by atoms with Crippen LogP contribution in [0.25, 0.3) is 0 Å². The van der Waals surface area contributed by atoms with E-state index in [1.165, 1.54) is 70.6 Å². The summed E-state index contributed by atoms with van der Waals surface area (Å²) in [6.07, 6.45) is 95.5. The molecule has 0 fully saturated rings. The quantitative estimate of drug-likeness (QED) is 0.0261. The Morgan fingerprint density at radius 3 is 0.810 bits per heavy atom. The Morgan fingerprint density at radius 2 is 0.494 bits per heavy atom. The Balaban J connectivity index is 4.24. The highest BCUT2D eigenvalue weighted by atomic mass is 16.6. The highest BCUT2D eigenvalue weighted by molar-refractivity contribution is 5.71. The van der Waals surface area contributed by atoms with Crippen molar-refractivity contribution in [2.45, 2.75) is 271 Å². The predicted octanol–water partition coefficient (Wildman–Crippen LogP) is 22.1. The summed E-state index contributed by atoms with van der Waals surface area (Å²) in [5, 5.41) is 0. The number of hydrogen-bond donors (Lipinski definition) is 0. The van der Waals surface area contributed by atoms with E-state index in [1.54, 1.807) is 0 Å². The summed E-state index contributed by atoms with van der Waals surface area (Å²) in [5.74, 6) is -0.965. The first-order valence-corrected chi connectivity index (χ1v) is 32.0. The van der Waals surface area contributed by atoms with Crippen LogP contribution >= 0.6 is 0 Å². The highest BCUT2D eigenvalue weighted by Gasteiger charge is 2.19. The van der Waals surface area contributed by atoms with E-state index in [9.17, 15) is 14.4 Å². The molecule has 1 unspecified atom stereocenters. The van der Waals surface area contributed by atoms with E-state index < -0.39 is 6.10 Å². The third kappa shape index (κ3) is 63.7. The topological polar surface area (TPSA) is 78.9 Å². The van der Waals surface area contributed by atoms with Gasteiger partial charge in [0.2, 0.25) is 0 Å². The Bertz CT molecular complexity index is 1780. The average Bonchev–Trinajstić information content (AvgIpc) is 3.45. The zero-order chi connectivity index (χ0) is 57.1. The maximum absolute atomic E-state index is 12.8. The van der Waals surface area contributed by atoms with Crippen molar-refractivity contribution in [2.75, 3.05) is 13.2 Å². The van der Waals surface area contributed by atoms with Gasteiger partial charge in [-0.2, -0.15) is 0 Å². The second kappa shape index (κ2) is 65.5. The first kappa shape index (κ1) is 74.0. The molecule has 0 radical (unpaired) electrons. The van der Waals surface area contributed by atoms with Crippen LogP contribution in [0.4, 0.5) is 0 Å². The normalized spacial score (nSPS) is 13.2. The van der Waals surface area contributed by atoms with Crippen molar-refractivity contribution in [1.82, 2.24) is 0 Å². The summed E-state index contributed by atoms with van der Waals surface area (Å²) in [6.45, 7) is 6.32. The summed E-state index contributed by atoms with van der Waals surface area (Å²) < 4.78 is 16.8. The number of esters is 3. The molecule has 0 rings (SSSR count). The Hall–Kier alpha value is -4.97. The fourth-order valence-electron chi connectivity index (χ4n) is 8.25. The van der Waals surface area contributed by atoms with E-state index in [0.29, 0.717) is 19.3 Å². The lowest BCUT2D eigenvalue weighted by atomic mass is 10.1. The van der Waals surface area contributed by atoms with Crippen molar-refractivity contribution in [1.29, 1.82) is 0 Å². The Kier molecular flexibility index (Phi) is 61.4. The fraction of sp³-hybridized carbons (Fsp3) is 0.603. The average molecular weight is 1090 g/mol. The van der Waals surface area contributed by atoms with Crippen molar-refractivity contribution < 1.29 is 28.6 Å². The molecule has 6 heteroatoms. The molecule has 0 aromatic heterocycles. The van der Waals surface area contributed by atoms with Gasteiger partial charge in [0.15, 0.2) is 6.10 Å². The SMILES string of the molecule is CC/C=C\C/C=C\C/C=C\C/C=C\C/C=C\C/C=C\C/C=C\C/C=C\CCCCCCCCCCCCC(=O)OCC(COC(=O)CCCCCCC/C=C\CCCC)OC(=O)CCCC/C=C\C/C=C\C/C=C\C/C=C\CC. The molecule has 0 aliphatic carbocycles. The zero-order valence-corrected chi connectivity index (χ0v) is 50.8. The van der Waals surface area contributed by atoms with Crippen LogP contribution in [-0.4, -0.2) is 37.2 Å². The summed E-state index contributed by atoms with van der Waals surface area (Å²) >= 11 is 0. The summed E-state index contributed by atoms with van der Waals surface area (Å²) in [6, 6.07) is 0. The molecule has 79 heavy (non-hydrogen) atoms. The van der Waals surface area contributed by atoms with Crippen molar-refractivity contribution in [2.24, 2.45) is 0 Å². The molecule has 0 saturated carbocycles. The highest BCUT2D eigenvalue weighted by Crippen LogP contribution is 2.14. The third-order valence-electron chi connectivity index (χ3n) is 13.0. The van der Waals surface area contributed by atoms with Crippen molar-refractivity contribution in [3.63, 3.8) is 0 Å². The minimum atomic E-state index is -0.811. The molecule has 0 N–H and O–H groups in total. The maximum atomic E-state index is 12.8. The van der Waals surface area contributed by atoms with E-state index in [-0.39, 0.29) is 37.5 Å². The van der Waals surface area contributed by atoms with E-state index in [2.05, 4.69) is 179 Å². The first-order chi connectivity index (χ1) is 39.0. The molecule has 0 heterocycles. The molecule has 0 aliphatic rings. The van der Waals surface area contributed by atoms with Gasteiger partial charge in [-0.1, -0.05) is 262 Å². The number of rotatable bonds is 56. The van der Waals surface area contributed by atoms with Gasteiger partial charge in [-0.3, -0.25) is 14.4 Å². The molecule has 0 bridgehead atoms. The zero-order valence-electron chi connectivity index (χ0n) is 50.8. The van der Waals surface area contributed by atoms with Gasteiger partial charge in [0.05, 0.1) is 0 Å². The first-order valence-electron chi connectivity index (χ1n) is 32.0. The molecule has 444 valence electrons. The number of hydrogen-bond acceptors (Lipinski definition) is 6. The molecule has 6 nitrogen and oxygen atoms in total. The monoisotopic (exact) mass is 1090 g/mol. The molecule has 0 amide bonds. The van der Waals surface area contributed by atoms with Crippen molar-refractivity contribution >= 4 is 17.9 Å². The van der Waals surface area contributed by atoms with Gasteiger partial charge in [0.1, 0.15) is 13.2 Å². The van der Waals surface area contributed by atoms with Crippen LogP contribution in [0.1, 0.15) is 265 Å². The van der Waals surface area contributed by atoms with E-state index >= 15 is 0 Å². The van der Waals surface area contributed by atoms with Gasteiger partial charge in [-0.15, -0.1) is 0 Å². The van der Waals surface area contributed by atoms with Crippen LogP contribution in [0.3, 0.4) is 0 Å². The van der Waals surface area contributed by atoms with Gasteiger partial charge in [0, 0.05) is 19.3 Å².